The fourth-order valence-corrected chi connectivity index (χ4v) is 3.01. The van der Waals surface area contributed by atoms with Crippen LogP contribution in [0.1, 0.15) is 31.1 Å². The van der Waals surface area contributed by atoms with Crippen LogP contribution in [0.25, 0.3) is 0 Å². The zero-order valence-corrected chi connectivity index (χ0v) is 18.5. The van der Waals surface area contributed by atoms with Gasteiger partial charge in [0.05, 0.1) is 30.9 Å². The van der Waals surface area contributed by atoms with E-state index in [0.717, 1.165) is 0 Å². The zero-order valence-electron chi connectivity index (χ0n) is 18.5. The van der Waals surface area contributed by atoms with Gasteiger partial charge >= 0.3 is 11.9 Å². The van der Waals surface area contributed by atoms with E-state index in [9.17, 15) is 19.2 Å². The highest BCUT2D eigenvalue weighted by atomic mass is 16.5. The van der Waals surface area contributed by atoms with E-state index in [0.29, 0.717) is 5.69 Å². The maximum atomic E-state index is 12.7. The highest BCUT2D eigenvalue weighted by Gasteiger charge is 2.17. The maximum Gasteiger partial charge on any atom is 0.337 e. The molecular formula is C25H22N2O7. The summed E-state index contributed by atoms with van der Waals surface area (Å²) in [6.45, 7) is -0.425. The van der Waals surface area contributed by atoms with Crippen LogP contribution in [0.5, 0.6) is 5.75 Å². The third-order valence-corrected chi connectivity index (χ3v) is 4.58. The first-order chi connectivity index (χ1) is 16.4. The third-order valence-electron chi connectivity index (χ3n) is 4.58. The molecule has 0 bridgehead atoms. The van der Waals surface area contributed by atoms with Gasteiger partial charge in [0.2, 0.25) is 0 Å². The van der Waals surface area contributed by atoms with Gasteiger partial charge in [-0.05, 0) is 42.5 Å². The predicted octanol–water partition coefficient (Wildman–Crippen LogP) is 3.53. The first-order valence-electron chi connectivity index (χ1n) is 10.1. The van der Waals surface area contributed by atoms with E-state index >= 15 is 0 Å². The number of carbonyl (C=O) groups excluding carboxylic acids is 4. The van der Waals surface area contributed by atoms with E-state index < -0.39 is 30.4 Å². The van der Waals surface area contributed by atoms with Crippen LogP contribution in [-0.4, -0.2) is 44.6 Å². The fraction of sp³-hybridized carbons (Fsp3) is 0.120. The number of carbonyl (C=O) groups is 4. The highest BCUT2D eigenvalue weighted by Crippen LogP contribution is 2.21. The number of ether oxygens (including phenoxy) is 3. The predicted molar refractivity (Wildman–Crippen MR) is 124 cm³/mol. The zero-order chi connectivity index (χ0) is 24.5. The molecule has 0 aromatic heterocycles. The second-order valence-corrected chi connectivity index (χ2v) is 6.94. The fourth-order valence-electron chi connectivity index (χ4n) is 3.01. The Morgan fingerprint density at radius 1 is 0.706 bits per heavy atom. The quantitative estimate of drug-likeness (QED) is 0.492. The minimum absolute atomic E-state index is 0.0598. The minimum Gasteiger partial charge on any atom is -0.483 e. The summed E-state index contributed by atoms with van der Waals surface area (Å²) in [5.41, 5.74) is 1.16. The van der Waals surface area contributed by atoms with Crippen LogP contribution in [-0.2, 0) is 14.3 Å². The van der Waals surface area contributed by atoms with Crippen molar-refractivity contribution >= 4 is 35.1 Å². The molecule has 0 aliphatic rings. The van der Waals surface area contributed by atoms with Gasteiger partial charge in [0.1, 0.15) is 5.75 Å². The normalized spacial score (nSPS) is 10.1. The Hall–Kier alpha value is -4.66. The number of hydrogen-bond acceptors (Lipinski definition) is 7. The topological polar surface area (TPSA) is 120 Å². The Morgan fingerprint density at radius 3 is 1.91 bits per heavy atom. The molecule has 3 aromatic rings. The highest BCUT2D eigenvalue weighted by molar-refractivity contribution is 6.06. The number of nitrogens with one attached hydrogen (secondary N) is 2. The van der Waals surface area contributed by atoms with E-state index in [-0.39, 0.29) is 28.1 Å². The molecule has 0 aliphatic carbocycles. The average Bonchev–Trinajstić information content (AvgIpc) is 2.87. The lowest BCUT2D eigenvalue weighted by Gasteiger charge is -2.13. The molecule has 174 valence electrons. The van der Waals surface area contributed by atoms with Crippen molar-refractivity contribution in [3.05, 3.63) is 89.5 Å². The number of esters is 2. The molecule has 2 N–H and O–H groups in total. The van der Waals surface area contributed by atoms with E-state index in [1.807, 2.05) is 6.07 Å². The molecule has 9 heteroatoms. The summed E-state index contributed by atoms with van der Waals surface area (Å²) in [7, 11) is 2.40. The number of benzene rings is 3. The van der Waals surface area contributed by atoms with Gasteiger partial charge in [-0.25, -0.2) is 9.59 Å². The second-order valence-electron chi connectivity index (χ2n) is 6.94. The molecule has 3 rings (SSSR count). The van der Waals surface area contributed by atoms with Gasteiger partial charge < -0.3 is 24.8 Å². The van der Waals surface area contributed by atoms with Gasteiger partial charge in [0.25, 0.3) is 11.8 Å². The summed E-state index contributed by atoms with van der Waals surface area (Å²) in [5.74, 6) is -2.12. The number of anilines is 2. The Balaban J connectivity index is 1.70. The van der Waals surface area contributed by atoms with Gasteiger partial charge in [0.15, 0.2) is 6.61 Å². The summed E-state index contributed by atoms with van der Waals surface area (Å²) in [6, 6.07) is 19.4. The molecule has 0 heterocycles. The van der Waals surface area contributed by atoms with Crippen molar-refractivity contribution in [3.63, 3.8) is 0 Å². The number of methoxy groups -OCH3 is 2. The number of rotatable bonds is 8. The SMILES string of the molecule is COC(=O)c1cc(NC(=O)COc2ccccc2C(=O)Nc2ccccc2)cc(C(=O)OC)c1. The van der Waals surface area contributed by atoms with Crippen molar-refractivity contribution in [2.45, 2.75) is 0 Å². The van der Waals surface area contributed by atoms with E-state index in [1.54, 1.807) is 48.5 Å². The number of para-hydroxylation sites is 2. The van der Waals surface area contributed by atoms with Crippen molar-refractivity contribution in [2.24, 2.45) is 0 Å². The molecule has 2 amide bonds. The average molecular weight is 462 g/mol. The Labute approximate surface area is 195 Å². The molecule has 9 nitrogen and oxygen atoms in total. The van der Waals surface area contributed by atoms with Crippen molar-refractivity contribution in [3.8, 4) is 5.75 Å². The Kier molecular flexibility index (Phi) is 7.96. The minimum atomic E-state index is -0.684. The van der Waals surface area contributed by atoms with Gasteiger partial charge in [0, 0.05) is 11.4 Å². The number of amides is 2. The van der Waals surface area contributed by atoms with Crippen LogP contribution < -0.4 is 15.4 Å². The lowest BCUT2D eigenvalue weighted by atomic mass is 10.1. The van der Waals surface area contributed by atoms with E-state index in [4.69, 9.17) is 4.74 Å². The first-order valence-corrected chi connectivity index (χ1v) is 10.1. The van der Waals surface area contributed by atoms with Crippen molar-refractivity contribution in [2.75, 3.05) is 31.5 Å². The Morgan fingerprint density at radius 2 is 1.29 bits per heavy atom. The van der Waals surface area contributed by atoms with Crippen LogP contribution in [0.3, 0.4) is 0 Å². The molecule has 3 aromatic carbocycles. The van der Waals surface area contributed by atoms with E-state index in [2.05, 4.69) is 20.1 Å². The smallest absolute Gasteiger partial charge is 0.337 e. The summed E-state index contributed by atoms with van der Waals surface area (Å²) in [5, 5.41) is 5.32. The second kappa shape index (κ2) is 11.3. The summed E-state index contributed by atoms with van der Waals surface area (Å²) < 4.78 is 14.9. The van der Waals surface area contributed by atoms with Crippen molar-refractivity contribution in [1.29, 1.82) is 0 Å². The number of hydrogen-bond donors (Lipinski definition) is 2. The molecule has 0 atom stereocenters. The molecule has 34 heavy (non-hydrogen) atoms. The largest absolute Gasteiger partial charge is 0.483 e. The van der Waals surface area contributed by atoms with Gasteiger partial charge in [-0.2, -0.15) is 0 Å². The Bertz CT molecular complexity index is 1170. The lowest BCUT2D eigenvalue weighted by molar-refractivity contribution is -0.118. The third kappa shape index (κ3) is 6.19. The maximum absolute atomic E-state index is 12.7. The summed E-state index contributed by atoms with van der Waals surface area (Å²) >= 11 is 0. The van der Waals surface area contributed by atoms with Gasteiger partial charge in [-0.3, -0.25) is 9.59 Å². The molecular weight excluding hydrogens is 440 g/mol. The van der Waals surface area contributed by atoms with Crippen molar-refractivity contribution in [1.82, 2.24) is 0 Å². The molecule has 0 fully saturated rings. The van der Waals surface area contributed by atoms with Gasteiger partial charge in [-0.15, -0.1) is 0 Å². The molecule has 0 saturated carbocycles. The monoisotopic (exact) mass is 462 g/mol. The van der Waals surface area contributed by atoms with Crippen LogP contribution in [0.4, 0.5) is 11.4 Å². The van der Waals surface area contributed by atoms with Gasteiger partial charge in [-0.1, -0.05) is 30.3 Å². The lowest BCUT2D eigenvalue weighted by Crippen LogP contribution is -2.22. The molecule has 0 radical (unpaired) electrons. The summed E-state index contributed by atoms with van der Waals surface area (Å²) in [4.78, 5) is 49.0. The first kappa shape index (κ1) is 24.0. The molecule has 0 aliphatic heterocycles. The summed E-state index contributed by atoms with van der Waals surface area (Å²) in [6.07, 6.45) is 0. The van der Waals surface area contributed by atoms with Crippen molar-refractivity contribution < 1.29 is 33.4 Å². The molecule has 0 unspecified atom stereocenters. The standard InChI is InChI=1S/C25H22N2O7/c1-32-24(30)16-12-17(25(31)33-2)14-19(13-16)26-22(28)15-34-21-11-7-6-10-20(21)23(29)27-18-8-4-3-5-9-18/h3-14H,15H2,1-2H3,(H,26,28)(H,27,29). The molecule has 0 saturated heterocycles. The van der Waals surface area contributed by atoms with E-state index in [1.165, 1.54) is 32.4 Å². The van der Waals surface area contributed by atoms with Crippen LogP contribution in [0.2, 0.25) is 0 Å². The van der Waals surface area contributed by atoms with Crippen LogP contribution >= 0.6 is 0 Å². The van der Waals surface area contributed by atoms with Crippen LogP contribution in [0.15, 0.2) is 72.8 Å². The molecule has 0 spiro atoms. The van der Waals surface area contributed by atoms with Crippen LogP contribution in [0, 0.1) is 0 Å².